The van der Waals surface area contributed by atoms with Crippen LogP contribution in [0.1, 0.15) is 49.4 Å². The highest BCUT2D eigenvalue weighted by Gasteiger charge is 2.26. The first-order chi connectivity index (χ1) is 7.93. The quantitative estimate of drug-likeness (QED) is 0.821. The van der Waals surface area contributed by atoms with E-state index >= 15 is 0 Å². The molecular formula is C11H17N3O2. The highest BCUT2D eigenvalue weighted by Crippen LogP contribution is 2.33. The smallest absolute Gasteiger partial charge is 0.235 e. The fourth-order valence-corrected chi connectivity index (χ4v) is 2.45. The van der Waals surface area contributed by atoms with Gasteiger partial charge >= 0.3 is 0 Å². The molecule has 1 unspecified atom stereocenters. The van der Waals surface area contributed by atoms with E-state index in [9.17, 15) is 0 Å². The van der Waals surface area contributed by atoms with Crippen LogP contribution in [0.15, 0.2) is 4.42 Å². The van der Waals surface area contributed by atoms with Crippen molar-refractivity contribution in [2.24, 2.45) is 0 Å². The molecule has 2 heterocycles. The number of hydrogen-bond acceptors (Lipinski definition) is 5. The van der Waals surface area contributed by atoms with Crippen molar-refractivity contribution in [2.75, 3.05) is 19.8 Å². The largest absolute Gasteiger partial charge is 0.423 e. The summed E-state index contributed by atoms with van der Waals surface area (Å²) in [6.07, 6.45) is 4.95. The van der Waals surface area contributed by atoms with Crippen LogP contribution in [-0.4, -0.2) is 30.0 Å². The molecule has 0 bridgehead atoms. The summed E-state index contributed by atoms with van der Waals surface area (Å²) in [7, 11) is 0. The second kappa shape index (κ2) is 4.51. The standard InChI is InChI=1S/C11H17N3O2/c1-2-4-8(3-1)10-13-14-11(16-10)9-7-15-6-5-12-9/h8-9,12H,1-7H2. The number of ether oxygens (including phenoxy) is 1. The van der Waals surface area contributed by atoms with E-state index in [4.69, 9.17) is 9.15 Å². The predicted molar refractivity (Wildman–Crippen MR) is 57.1 cm³/mol. The summed E-state index contributed by atoms with van der Waals surface area (Å²) >= 11 is 0. The molecule has 3 rings (SSSR count). The van der Waals surface area contributed by atoms with Gasteiger partial charge in [-0.15, -0.1) is 10.2 Å². The molecule has 0 radical (unpaired) electrons. The summed E-state index contributed by atoms with van der Waals surface area (Å²) in [6.45, 7) is 2.25. The Morgan fingerprint density at radius 2 is 1.94 bits per heavy atom. The zero-order valence-electron chi connectivity index (χ0n) is 9.32. The van der Waals surface area contributed by atoms with Crippen molar-refractivity contribution in [3.63, 3.8) is 0 Å². The van der Waals surface area contributed by atoms with Gasteiger partial charge in [-0.2, -0.15) is 0 Å². The van der Waals surface area contributed by atoms with Crippen LogP contribution in [0.2, 0.25) is 0 Å². The Morgan fingerprint density at radius 1 is 1.12 bits per heavy atom. The molecule has 0 spiro atoms. The number of nitrogens with zero attached hydrogens (tertiary/aromatic N) is 2. The molecule has 1 aliphatic heterocycles. The van der Waals surface area contributed by atoms with Crippen LogP contribution in [0.25, 0.3) is 0 Å². The minimum Gasteiger partial charge on any atom is -0.423 e. The van der Waals surface area contributed by atoms with E-state index in [0.717, 1.165) is 19.0 Å². The third-order valence-electron chi connectivity index (χ3n) is 3.38. The minimum atomic E-state index is 0.0800. The van der Waals surface area contributed by atoms with Crippen LogP contribution < -0.4 is 5.32 Å². The van der Waals surface area contributed by atoms with E-state index in [2.05, 4.69) is 15.5 Å². The second-order valence-corrected chi connectivity index (χ2v) is 4.54. The van der Waals surface area contributed by atoms with Crippen molar-refractivity contribution in [3.05, 3.63) is 11.8 Å². The van der Waals surface area contributed by atoms with E-state index in [-0.39, 0.29) is 6.04 Å². The Kier molecular flexibility index (Phi) is 2.88. The van der Waals surface area contributed by atoms with E-state index in [0.29, 0.717) is 18.4 Å². The lowest BCUT2D eigenvalue weighted by atomic mass is 10.1. The van der Waals surface area contributed by atoms with Crippen molar-refractivity contribution < 1.29 is 9.15 Å². The van der Waals surface area contributed by atoms with E-state index < -0.39 is 0 Å². The first kappa shape index (κ1) is 10.2. The first-order valence-corrected chi connectivity index (χ1v) is 6.08. The molecule has 1 saturated carbocycles. The molecule has 1 aliphatic carbocycles. The lowest BCUT2D eigenvalue weighted by Gasteiger charge is -2.20. The van der Waals surface area contributed by atoms with Gasteiger partial charge in [-0.25, -0.2) is 0 Å². The van der Waals surface area contributed by atoms with Gasteiger partial charge < -0.3 is 14.5 Å². The molecule has 88 valence electrons. The van der Waals surface area contributed by atoms with Gasteiger partial charge in [0.2, 0.25) is 11.8 Å². The summed E-state index contributed by atoms with van der Waals surface area (Å²) in [4.78, 5) is 0. The zero-order chi connectivity index (χ0) is 10.8. The average molecular weight is 223 g/mol. The van der Waals surface area contributed by atoms with Crippen LogP contribution in [-0.2, 0) is 4.74 Å². The highest BCUT2D eigenvalue weighted by molar-refractivity contribution is 4.97. The molecule has 1 atom stereocenters. The molecule has 0 aromatic carbocycles. The second-order valence-electron chi connectivity index (χ2n) is 4.54. The summed E-state index contributed by atoms with van der Waals surface area (Å²) < 4.78 is 11.1. The van der Waals surface area contributed by atoms with E-state index in [1.165, 1.54) is 25.7 Å². The average Bonchev–Trinajstić information content (AvgIpc) is 3.01. The number of hydrogen-bond donors (Lipinski definition) is 1. The third kappa shape index (κ3) is 1.97. The Bertz CT molecular complexity index is 341. The van der Waals surface area contributed by atoms with Gasteiger partial charge in [0, 0.05) is 12.5 Å². The fraction of sp³-hybridized carbons (Fsp3) is 0.818. The molecule has 2 fully saturated rings. The van der Waals surface area contributed by atoms with Crippen LogP contribution in [0.5, 0.6) is 0 Å². The Labute approximate surface area is 94.6 Å². The topological polar surface area (TPSA) is 60.2 Å². The lowest BCUT2D eigenvalue weighted by Crippen LogP contribution is -2.34. The molecule has 0 amide bonds. The van der Waals surface area contributed by atoms with Crippen molar-refractivity contribution >= 4 is 0 Å². The van der Waals surface area contributed by atoms with Gasteiger partial charge in [0.05, 0.1) is 13.2 Å². The first-order valence-electron chi connectivity index (χ1n) is 6.08. The predicted octanol–water partition coefficient (Wildman–Crippen LogP) is 1.39. The number of nitrogens with one attached hydrogen (secondary N) is 1. The zero-order valence-corrected chi connectivity index (χ0v) is 9.32. The van der Waals surface area contributed by atoms with Crippen molar-refractivity contribution in [1.82, 2.24) is 15.5 Å². The summed E-state index contributed by atoms with van der Waals surface area (Å²) in [6, 6.07) is 0.0800. The van der Waals surface area contributed by atoms with E-state index in [1.807, 2.05) is 0 Å². The number of aromatic nitrogens is 2. The van der Waals surface area contributed by atoms with Crippen molar-refractivity contribution in [2.45, 2.75) is 37.6 Å². The Morgan fingerprint density at radius 3 is 2.69 bits per heavy atom. The SMILES string of the molecule is C1CCC(c2nnc(C3COCCN3)o2)C1. The number of morpholine rings is 1. The number of rotatable bonds is 2. The Balaban J connectivity index is 1.71. The molecule has 1 N–H and O–H groups in total. The minimum absolute atomic E-state index is 0.0800. The molecule has 5 heteroatoms. The highest BCUT2D eigenvalue weighted by atomic mass is 16.5. The molecule has 1 aromatic rings. The maximum atomic E-state index is 5.74. The molecule has 16 heavy (non-hydrogen) atoms. The molecule has 1 saturated heterocycles. The van der Waals surface area contributed by atoms with E-state index in [1.54, 1.807) is 0 Å². The molecule has 1 aromatic heterocycles. The maximum absolute atomic E-state index is 5.74. The van der Waals surface area contributed by atoms with Gasteiger partial charge in [-0.3, -0.25) is 0 Å². The van der Waals surface area contributed by atoms with Crippen LogP contribution in [0.3, 0.4) is 0 Å². The summed E-state index contributed by atoms with van der Waals surface area (Å²) in [5.41, 5.74) is 0. The molecular weight excluding hydrogens is 206 g/mol. The fourth-order valence-electron chi connectivity index (χ4n) is 2.45. The maximum Gasteiger partial charge on any atom is 0.235 e. The van der Waals surface area contributed by atoms with Crippen LogP contribution >= 0.6 is 0 Å². The van der Waals surface area contributed by atoms with Crippen molar-refractivity contribution in [3.8, 4) is 0 Å². The van der Waals surface area contributed by atoms with Gasteiger partial charge in [-0.1, -0.05) is 12.8 Å². The van der Waals surface area contributed by atoms with Gasteiger partial charge in [0.25, 0.3) is 0 Å². The third-order valence-corrected chi connectivity index (χ3v) is 3.38. The van der Waals surface area contributed by atoms with Gasteiger partial charge in [0.15, 0.2) is 0 Å². The molecule has 2 aliphatic rings. The van der Waals surface area contributed by atoms with Crippen LogP contribution in [0, 0.1) is 0 Å². The monoisotopic (exact) mass is 223 g/mol. The Hall–Kier alpha value is -0.940. The lowest BCUT2D eigenvalue weighted by molar-refractivity contribution is 0.0675. The summed E-state index contributed by atoms with van der Waals surface area (Å²) in [5, 5.41) is 11.6. The van der Waals surface area contributed by atoms with Gasteiger partial charge in [-0.05, 0) is 12.8 Å². The van der Waals surface area contributed by atoms with Crippen molar-refractivity contribution in [1.29, 1.82) is 0 Å². The van der Waals surface area contributed by atoms with Crippen LogP contribution in [0.4, 0.5) is 0 Å². The summed E-state index contributed by atoms with van der Waals surface area (Å²) in [5.74, 6) is 1.99. The van der Waals surface area contributed by atoms with Gasteiger partial charge in [0.1, 0.15) is 6.04 Å². The molecule has 5 nitrogen and oxygen atoms in total. The normalized spacial score (nSPS) is 27.4.